The molecule has 24 heavy (non-hydrogen) atoms. The van der Waals surface area contributed by atoms with Crippen molar-refractivity contribution < 1.29 is 17.9 Å². The number of nitrogens with one attached hydrogen (secondary N) is 2. The molecule has 7 heteroatoms. The average Bonchev–Trinajstić information content (AvgIpc) is 2.59. The van der Waals surface area contributed by atoms with E-state index >= 15 is 0 Å². The Hall–Kier alpha value is -2.38. The molecule has 0 unspecified atom stereocenters. The van der Waals surface area contributed by atoms with E-state index in [4.69, 9.17) is 4.74 Å². The molecule has 126 valence electrons. The number of carbonyl (C=O) groups excluding carboxylic acids is 1. The maximum absolute atomic E-state index is 12.1. The molecular weight excluding hydrogens is 328 g/mol. The van der Waals surface area contributed by atoms with Gasteiger partial charge < -0.3 is 10.1 Å². The zero-order valence-electron chi connectivity index (χ0n) is 13.0. The fourth-order valence-corrected chi connectivity index (χ4v) is 3.43. The molecule has 6 nitrogen and oxygen atoms in total. The van der Waals surface area contributed by atoms with Gasteiger partial charge in [-0.2, -0.15) is 0 Å². The standard InChI is InChI=1S/C17H18N2O4S/c20-17-12-23-16-10-14(6-7-15(16)19-17)11-18-24(21,22)9-8-13-4-2-1-3-5-13/h1-7,10,18H,8-9,11-12H2,(H,19,20). The van der Waals surface area contributed by atoms with Crippen molar-refractivity contribution >= 4 is 21.6 Å². The summed E-state index contributed by atoms with van der Waals surface area (Å²) in [5.74, 6) is 0.390. The van der Waals surface area contributed by atoms with Gasteiger partial charge in [0.05, 0.1) is 11.4 Å². The van der Waals surface area contributed by atoms with E-state index in [1.165, 1.54) is 0 Å². The molecule has 0 fully saturated rings. The van der Waals surface area contributed by atoms with Crippen LogP contribution in [0.25, 0.3) is 0 Å². The number of hydrogen-bond acceptors (Lipinski definition) is 4. The van der Waals surface area contributed by atoms with Crippen LogP contribution >= 0.6 is 0 Å². The van der Waals surface area contributed by atoms with Gasteiger partial charge in [0.25, 0.3) is 5.91 Å². The molecule has 1 aliphatic heterocycles. The Morgan fingerprint density at radius 1 is 1.08 bits per heavy atom. The van der Waals surface area contributed by atoms with Gasteiger partial charge in [0.1, 0.15) is 5.75 Å². The van der Waals surface area contributed by atoms with Crippen molar-refractivity contribution in [2.75, 3.05) is 17.7 Å². The fourth-order valence-electron chi connectivity index (χ4n) is 2.39. The Morgan fingerprint density at radius 3 is 2.67 bits per heavy atom. The Bertz CT molecular complexity index is 835. The normalized spacial score (nSPS) is 13.8. The summed E-state index contributed by atoms with van der Waals surface area (Å²) >= 11 is 0. The van der Waals surface area contributed by atoms with E-state index in [2.05, 4.69) is 10.0 Å². The van der Waals surface area contributed by atoms with Crippen LogP contribution in [0.5, 0.6) is 5.75 Å². The molecule has 3 rings (SSSR count). The second-order valence-corrected chi connectivity index (χ2v) is 7.47. The summed E-state index contributed by atoms with van der Waals surface area (Å²) in [5.41, 5.74) is 2.36. The predicted molar refractivity (Wildman–Crippen MR) is 91.3 cm³/mol. The molecule has 1 amide bonds. The van der Waals surface area contributed by atoms with Crippen LogP contribution in [0.1, 0.15) is 11.1 Å². The summed E-state index contributed by atoms with van der Waals surface area (Å²) in [7, 11) is -3.37. The SMILES string of the molecule is O=C1COc2cc(CNS(=O)(=O)CCc3ccccc3)ccc2N1. The van der Waals surface area contributed by atoms with E-state index in [-0.39, 0.29) is 24.8 Å². The van der Waals surface area contributed by atoms with Crippen LogP contribution in [-0.4, -0.2) is 26.7 Å². The van der Waals surface area contributed by atoms with Crippen molar-refractivity contribution in [3.63, 3.8) is 0 Å². The lowest BCUT2D eigenvalue weighted by atomic mass is 10.2. The topological polar surface area (TPSA) is 84.5 Å². The first-order valence-corrected chi connectivity index (χ1v) is 9.24. The highest BCUT2D eigenvalue weighted by Gasteiger charge is 2.16. The molecule has 0 atom stereocenters. The number of aryl methyl sites for hydroxylation is 1. The first kappa shape index (κ1) is 16.5. The zero-order chi connectivity index (χ0) is 17.0. The van der Waals surface area contributed by atoms with Crippen LogP contribution in [0.4, 0.5) is 5.69 Å². The van der Waals surface area contributed by atoms with Gasteiger partial charge in [-0.3, -0.25) is 4.79 Å². The maximum atomic E-state index is 12.1. The third-order valence-corrected chi connectivity index (χ3v) is 5.00. The number of rotatable bonds is 6. The number of hydrogen-bond donors (Lipinski definition) is 2. The van der Waals surface area contributed by atoms with E-state index in [0.29, 0.717) is 17.9 Å². The molecule has 0 radical (unpaired) electrons. The monoisotopic (exact) mass is 346 g/mol. The minimum atomic E-state index is -3.37. The number of fused-ring (bicyclic) bond motifs is 1. The quantitative estimate of drug-likeness (QED) is 0.833. The first-order valence-electron chi connectivity index (χ1n) is 7.59. The Kier molecular flexibility index (Phi) is 4.82. The molecule has 0 aliphatic carbocycles. The van der Waals surface area contributed by atoms with Crippen LogP contribution in [-0.2, 0) is 27.8 Å². The summed E-state index contributed by atoms with van der Waals surface area (Å²) < 4.78 is 32.1. The molecular formula is C17H18N2O4S. The number of ether oxygens (including phenoxy) is 1. The van der Waals surface area contributed by atoms with Gasteiger partial charge in [0, 0.05) is 6.54 Å². The minimum absolute atomic E-state index is 0.0285. The molecule has 0 aromatic heterocycles. The lowest BCUT2D eigenvalue weighted by Gasteiger charge is -2.18. The molecule has 0 saturated heterocycles. The average molecular weight is 346 g/mol. The molecule has 2 N–H and O–H groups in total. The Balaban J connectivity index is 1.57. The van der Waals surface area contributed by atoms with Crippen LogP contribution < -0.4 is 14.8 Å². The molecule has 1 aliphatic rings. The van der Waals surface area contributed by atoms with Gasteiger partial charge in [0.15, 0.2) is 6.61 Å². The van der Waals surface area contributed by atoms with Crippen LogP contribution in [0, 0.1) is 0 Å². The predicted octanol–water partition coefficient (Wildman–Crippen LogP) is 1.68. The smallest absolute Gasteiger partial charge is 0.262 e. The number of anilines is 1. The lowest BCUT2D eigenvalue weighted by molar-refractivity contribution is -0.118. The van der Waals surface area contributed by atoms with Gasteiger partial charge in [-0.1, -0.05) is 36.4 Å². The van der Waals surface area contributed by atoms with E-state index in [9.17, 15) is 13.2 Å². The largest absolute Gasteiger partial charge is 0.482 e. The fraction of sp³-hybridized carbons (Fsp3) is 0.235. The van der Waals surface area contributed by atoms with Crippen LogP contribution in [0.15, 0.2) is 48.5 Å². The van der Waals surface area contributed by atoms with Gasteiger partial charge in [0.2, 0.25) is 10.0 Å². The number of amides is 1. The lowest BCUT2D eigenvalue weighted by Crippen LogP contribution is -2.27. The number of benzene rings is 2. The van der Waals surface area contributed by atoms with Crippen molar-refractivity contribution in [3.05, 3.63) is 59.7 Å². The Labute approximate surface area is 140 Å². The summed E-state index contributed by atoms with van der Waals surface area (Å²) in [6.45, 7) is 0.154. The van der Waals surface area contributed by atoms with Gasteiger partial charge in [-0.15, -0.1) is 0 Å². The maximum Gasteiger partial charge on any atom is 0.262 e. The highest BCUT2D eigenvalue weighted by Crippen LogP contribution is 2.28. The van der Waals surface area contributed by atoms with Gasteiger partial charge in [-0.05, 0) is 29.7 Å². The van der Waals surface area contributed by atoms with Crippen LogP contribution in [0.2, 0.25) is 0 Å². The number of sulfonamides is 1. The summed E-state index contributed by atoms with van der Waals surface area (Å²) in [6, 6.07) is 14.7. The van der Waals surface area contributed by atoms with Gasteiger partial charge in [-0.25, -0.2) is 13.1 Å². The molecule has 1 heterocycles. The number of carbonyl (C=O) groups is 1. The summed E-state index contributed by atoms with van der Waals surface area (Å²) in [5, 5.41) is 2.70. The molecule has 2 aromatic carbocycles. The molecule has 0 bridgehead atoms. The van der Waals surface area contributed by atoms with E-state index in [1.807, 2.05) is 30.3 Å². The van der Waals surface area contributed by atoms with E-state index in [0.717, 1.165) is 11.1 Å². The van der Waals surface area contributed by atoms with Crippen molar-refractivity contribution in [1.29, 1.82) is 0 Å². The highest BCUT2D eigenvalue weighted by atomic mass is 32.2. The third kappa shape index (κ3) is 4.33. The van der Waals surface area contributed by atoms with Crippen molar-refractivity contribution in [2.24, 2.45) is 0 Å². The molecule has 0 saturated carbocycles. The minimum Gasteiger partial charge on any atom is -0.482 e. The zero-order valence-corrected chi connectivity index (χ0v) is 13.8. The van der Waals surface area contributed by atoms with Crippen molar-refractivity contribution in [1.82, 2.24) is 4.72 Å². The second-order valence-electron chi connectivity index (χ2n) is 5.54. The highest BCUT2D eigenvalue weighted by molar-refractivity contribution is 7.89. The Morgan fingerprint density at radius 2 is 1.88 bits per heavy atom. The van der Waals surface area contributed by atoms with E-state index < -0.39 is 10.0 Å². The second kappa shape index (κ2) is 7.02. The molecule has 2 aromatic rings. The summed E-state index contributed by atoms with van der Waals surface area (Å²) in [6.07, 6.45) is 0.468. The van der Waals surface area contributed by atoms with Crippen LogP contribution in [0.3, 0.4) is 0 Å². The molecule has 0 spiro atoms. The van der Waals surface area contributed by atoms with Crippen molar-refractivity contribution in [2.45, 2.75) is 13.0 Å². The summed E-state index contributed by atoms with van der Waals surface area (Å²) in [4.78, 5) is 11.2. The van der Waals surface area contributed by atoms with Crippen molar-refractivity contribution in [3.8, 4) is 5.75 Å². The third-order valence-electron chi connectivity index (χ3n) is 3.68. The van der Waals surface area contributed by atoms with E-state index in [1.54, 1.807) is 18.2 Å². The van der Waals surface area contributed by atoms with Gasteiger partial charge >= 0.3 is 0 Å². The first-order chi connectivity index (χ1) is 11.5.